The number of amides is 1. The van der Waals surface area contributed by atoms with Crippen molar-refractivity contribution in [3.05, 3.63) is 0 Å². The number of aliphatic hydroxyl groups is 2. The van der Waals surface area contributed by atoms with E-state index in [1.807, 2.05) is 11.9 Å². The van der Waals surface area contributed by atoms with Crippen molar-refractivity contribution in [2.45, 2.75) is 38.4 Å². The lowest BCUT2D eigenvalue weighted by Crippen LogP contribution is -2.46. The molecule has 0 aliphatic carbocycles. The number of carbonyl (C=O) groups is 1. The molecule has 5 nitrogen and oxygen atoms in total. The lowest BCUT2D eigenvalue weighted by atomic mass is 10.1. The van der Waals surface area contributed by atoms with Crippen LogP contribution in [0.2, 0.25) is 0 Å². The van der Waals surface area contributed by atoms with Crippen molar-refractivity contribution in [2.75, 3.05) is 33.2 Å². The molecule has 0 aromatic rings. The molecule has 1 rings (SSSR count). The van der Waals surface area contributed by atoms with Crippen molar-refractivity contribution in [2.24, 2.45) is 0 Å². The van der Waals surface area contributed by atoms with Crippen molar-refractivity contribution in [1.29, 1.82) is 0 Å². The van der Waals surface area contributed by atoms with Gasteiger partial charge < -0.3 is 15.1 Å². The van der Waals surface area contributed by atoms with Crippen molar-refractivity contribution in [3.63, 3.8) is 0 Å². The van der Waals surface area contributed by atoms with Crippen LogP contribution in [0.25, 0.3) is 0 Å². The van der Waals surface area contributed by atoms with Gasteiger partial charge >= 0.3 is 0 Å². The van der Waals surface area contributed by atoms with Crippen LogP contribution in [0.1, 0.15) is 26.7 Å². The number of carbonyl (C=O) groups excluding carboxylic acids is 1. The molecule has 5 heteroatoms. The molecule has 1 fully saturated rings. The summed E-state index contributed by atoms with van der Waals surface area (Å²) in [6, 6.07) is 0. The number of likely N-dealkylation sites (tertiary alicyclic amines) is 1. The number of likely N-dealkylation sites (N-methyl/N-ethyl adjacent to an activating group) is 1. The van der Waals surface area contributed by atoms with Gasteiger partial charge in [-0.1, -0.05) is 0 Å². The Morgan fingerprint density at radius 2 is 1.94 bits per heavy atom. The maximum atomic E-state index is 11.9. The predicted octanol–water partition coefficient (Wildman–Crippen LogP) is -0.328. The molecule has 0 saturated carbocycles. The van der Waals surface area contributed by atoms with Crippen LogP contribution in [0.15, 0.2) is 0 Å². The van der Waals surface area contributed by atoms with Gasteiger partial charge in [-0.25, -0.2) is 0 Å². The number of piperidine rings is 1. The zero-order chi connectivity index (χ0) is 13.1. The smallest absolute Gasteiger partial charge is 0.236 e. The number of hydrogen-bond acceptors (Lipinski definition) is 4. The predicted molar refractivity (Wildman–Crippen MR) is 65.6 cm³/mol. The molecule has 2 N–H and O–H groups in total. The number of nitrogens with zero attached hydrogens (tertiary/aromatic N) is 2. The minimum Gasteiger partial charge on any atom is -0.393 e. The molecular formula is C12H24N2O3. The third-order valence-corrected chi connectivity index (χ3v) is 2.88. The summed E-state index contributed by atoms with van der Waals surface area (Å²) in [6.45, 7) is 5.51. The van der Waals surface area contributed by atoms with Gasteiger partial charge in [0, 0.05) is 19.6 Å². The fourth-order valence-electron chi connectivity index (χ4n) is 2.16. The van der Waals surface area contributed by atoms with Gasteiger partial charge in [-0.2, -0.15) is 0 Å². The first-order valence-electron chi connectivity index (χ1n) is 6.15. The largest absolute Gasteiger partial charge is 0.393 e. The molecule has 0 aromatic carbocycles. The Morgan fingerprint density at radius 1 is 1.41 bits per heavy atom. The van der Waals surface area contributed by atoms with E-state index in [1.54, 1.807) is 18.7 Å². The topological polar surface area (TPSA) is 64.0 Å². The van der Waals surface area contributed by atoms with Gasteiger partial charge in [-0.15, -0.1) is 0 Å². The summed E-state index contributed by atoms with van der Waals surface area (Å²) >= 11 is 0. The third-order valence-electron chi connectivity index (χ3n) is 2.88. The second-order valence-corrected chi connectivity index (χ2v) is 5.60. The van der Waals surface area contributed by atoms with E-state index in [-0.39, 0.29) is 12.0 Å². The van der Waals surface area contributed by atoms with Crippen LogP contribution < -0.4 is 0 Å². The van der Waals surface area contributed by atoms with Crippen molar-refractivity contribution < 1.29 is 15.0 Å². The van der Waals surface area contributed by atoms with Crippen LogP contribution in [0.5, 0.6) is 0 Å². The maximum absolute atomic E-state index is 11.9. The van der Waals surface area contributed by atoms with Crippen LogP contribution in [0.4, 0.5) is 0 Å². The van der Waals surface area contributed by atoms with E-state index in [1.165, 1.54) is 0 Å². The average Bonchev–Trinajstić information content (AvgIpc) is 2.15. The molecule has 0 bridgehead atoms. The molecule has 0 atom stereocenters. The molecule has 0 radical (unpaired) electrons. The van der Waals surface area contributed by atoms with Gasteiger partial charge in [0.15, 0.2) is 0 Å². The Hall–Kier alpha value is -0.650. The summed E-state index contributed by atoms with van der Waals surface area (Å²) in [5.74, 6) is 0.0728. The molecule has 1 amide bonds. The Kier molecular flexibility index (Phi) is 4.91. The second kappa shape index (κ2) is 5.80. The van der Waals surface area contributed by atoms with E-state index in [0.717, 1.165) is 0 Å². The monoisotopic (exact) mass is 244 g/mol. The molecule has 1 aliphatic heterocycles. The molecule has 1 aliphatic rings. The van der Waals surface area contributed by atoms with Crippen LogP contribution in [0, 0.1) is 0 Å². The maximum Gasteiger partial charge on any atom is 0.236 e. The van der Waals surface area contributed by atoms with Crippen LogP contribution >= 0.6 is 0 Å². The summed E-state index contributed by atoms with van der Waals surface area (Å²) in [7, 11) is 1.83. The van der Waals surface area contributed by atoms with Crippen LogP contribution in [-0.4, -0.2) is 70.9 Å². The fourth-order valence-corrected chi connectivity index (χ4v) is 2.16. The molecule has 1 heterocycles. The van der Waals surface area contributed by atoms with E-state index >= 15 is 0 Å². The summed E-state index contributed by atoms with van der Waals surface area (Å²) in [4.78, 5) is 15.5. The molecular weight excluding hydrogens is 220 g/mol. The summed E-state index contributed by atoms with van der Waals surface area (Å²) in [5, 5.41) is 19.0. The summed E-state index contributed by atoms with van der Waals surface area (Å²) in [5.41, 5.74) is -0.785. The minimum atomic E-state index is -0.785. The van der Waals surface area contributed by atoms with E-state index in [9.17, 15) is 15.0 Å². The first-order chi connectivity index (χ1) is 7.78. The van der Waals surface area contributed by atoms with Gasteiger partial charge in [0.1, 0.15) is 0 Å². The van der Waals surface area contributed by atoms with Gasteiger partial charge in [0.05, 0.1) is 18.2 Å². The SMILES string of the molecule is CN(CC(=O)N1CCC(O)CC1)CC(C)(C)O. The second-order valence-electron chi connectivity index (χ2n) is 5.60. The van der Waals surface area contributed by atoms with Gasteiger partial charge in [0.2, 0.25) is 5.91 Å². The normalized spacial score (nSPS) is 18.8. The molecule has 0 aromatic heterocycles. The zero-order valence-corrected chi connectivity index (χ0v) is 11.0. The van der Waals surface area contributed by atoms with Gasteiger partial charge in [-0.05, 0) is 33.7 Å². The average molecular weight is 244 g/mol. The van der Waals surface area contributed by atoms with E-state index < -0.39 is 5.60 Å². The lowest BCUT2D eigenvalue weighted by molar-refractivity contribution is -0.134. The Balaban J connectivity index is 2.33. The highest BCUT2D eigenvalue weighted by Crippen LogP contribution is 2.10. The molecule has 100 valence electrons. The molecule has 0 unspecified atom stereocenters. The first-order valence-corrected chi connectivity index (χ1v) is 6.15. The Morgan fingerprint density at radius 3 is 2.41 bits per heavy atom. The van der Waals surface area contributed by atoms with Gasteiger partial charge in [0.25, 0.3) is 0 Å². The summed E-state index contributed by atoms with van der Waals surface area (Å²) < 4.78 is 0. The van der Waals surface area contributed by atoms with Crippen LogP contribution in [-0.2, 0) is 4.79 Å². The highest BCUT2D eigenvalue weighted by atomic mass is 16.3. The van der Waals surface area contributed by atoms with Crippen molar-refractivity contribution in [1.82, 2.24) is 9.80 Å². The number of aliphatic hydroxyl groups excluding tert-OH is 1. The number of rotatable bonds is 4. The Bertz CT molecular complexity index is 255. The van der Waals surface area contributed by atoms with E-state index in [0.29, 0.717) is 39.0 Å². The Labute approximate surface area is 103 Å². The molecule has 17 heavy (non-hydrogen) atoms. The standard InChI is InChI=1S/C12H24N2O3/c1-12(2,17)9-13(3)8-11(16)14-6-4-10(15)5-7-14/h10,15,17H,4-9H2,1-3H3. The highest BCUT2D eigenvalue weighted by molar-refractivity contribution is 5.78. The lowest BCUT2D eigenvalue weighted by Gasteiger charge is -2.32. The quantitative estimate of drug-likeness (QED) is 0.711. The van der Waals surface area contributed by atoms with Crippen molar-refractivity contribution in [3.8, 4) is 0 Å². The minimum absolute atomic E-state index is 0.0728. The highest BCUT2D eigenvalue weighted by Gasteiger charge is 2.23. The first kappa shape index (κ1) is 14.4. The van der Waals surface area contributed by atoms with Crippen LogP contribution in [0.3, 0.4) is 0 Å². The third kappa shape index (κ3) is 5.48. The zero-order valence-electron chi connectivity index (χ0n) is 11.0. The number of hydrogen-bond donors (Lipinski definition) is 2. The summed E-state index contributed by atoms with van der Waals surface area (Å²) in [6.07, 6.45) is 1.08. The van der Waals surface area contributed by atoms with E-state index in [4.69, 9.17) is 0 Å². The van der Waals surface area contributed by atoms with Crippen molar-refractivity contribution >= 4 is 5.91 Å². The van der Waals surface area contributed by atoms with Gasteiger partial charge in [-0.3, -0.25) is 9.69 Å². The molecule has 1 saturated heterocycles. The fraction of sp³-hybridized carbons (Fsp3) is 0.917. The van der Waals surface area contributed by atoms with E-state index in [2.05, 4.69) is 0 Å². The molecule has 0 spiro atoms.